The van der Waals surface area contributed by atoms with Crippen LogP contribution in [0.15, 0.2) is 41.5 Å². The highest BCUT2D eigenvalue weighted by Crippen LogP contribution is 2.19. The first-order valence-electron chi connectivity index (χ1n) is 9.67. The van der Waals surface area contributed by atoms with Gasteiger partial charge in [-0.2, -0.15) is 0 Å². The van der Waals surface area contributed by atoms with E-state index in [-0.39, 0.29) is 0 Å². The number of aliphatic imine (C=N–C) groups is 1. The minimum Gasteiger partial charge on any atom is -0.381 e. The lowest BCUT2D eigenvalue weighted by atomic mass is 9.96. The first kappa shape index (κ1) is 18.6. The van der Waals surface area contributed by atoms with Crippen molar-refractivity contribution in [2.24, 2.45) is 10.9 Å². The van der Waals surface area contributed by atoms with Crippen molar-refractivity contribution < 1.29 is 4.74 Å². The maximum atomic E-state index is 5.46. The molecule has 0 spiro atoms. The fourth-order valence-corrected chi connectivity index (χ4v) is 3.44. The number of hydrogen-bond acceptors (Lipinski definition) is 3. The van der Waals surface area contributed by atoms with E-state index in [9.17, 15) is 0 Å². The molecule has 5 nitrogen and oxygen atoms in total. The van der Waals surface area contributed by atoms with Crippen LogP contribution in [-0.2, 0) is 11.3 Å². The third kappa shape index (κ3) is 4.94. The molecule has 0 aliphatic carbocycles. The van der Waals surface area contributed by atoms with E-state index in [4.69, 9.17) is 9.73 Å². The summed E-state index contributed by atoms with van der Waals surface area (Å²) in [7, 11) is 2.13. The number of hydrogen-bond donors (Lipinski definition) is 1. The molecule has 0 bridgehead atoms. The molecule has 1 aromatic heterocycles. The van der Waals surface area contributed by atoms with Gasteiger partial charge >= 0.3 is 0 Å². The highest BCUT2D eigenvalue weighted by Gasteiger charge is 2.15. The predicted octanol–water partition coefficient (Wildman–Crippen LogP) is 3.45. The van der Waals surface area contributed by atoms with E-state index in [2.05, 4.69) is 53.4 Å². The SMILES string of the molecule is CCNC(=NCc1cccc2cccnc12)N(C)CCC1CCOCC1. The summed E-state index contributed by atoms with van der Waals surface area (Å²) < 4.78 is 5.46. The zero-order valence-corrected chi connectivity index (χ0v) is 15.9. The van der Waals surface area contributed by atoms with Gasteiger partial charge in [-0.3, -0.25) is 4.98 Å². The Bertz CT molecular complexity index is 720. The van der Waals surface area contributed by atoms with Gasteiger partial charge in [0.2, 0.25) is 0 Å². The molecule has 1 aliphatic heterocycles. The number of fused-ring (bicyclic) bond motifs is 1. The number of nitrogens with zero attached hydrogens (tertiary/aromatic N) is 3. The lowest BCUT2D eigenvalue weighted by Gasteiger charge is -2.26. The zero-order chi connectivity index (χ0) is 18.2. The van der Waals surface area contributed by atoms with Crippen LogP contribution in [0.25, 0.3) is 10.9 Å². The van der Waals surface area contributed by atoms with Gasteiger partial charge in [0.15, 0.2) is 5.96 Å². The monoisotopic (exact) mass is 354 g/mol. The number of benzene rings is 1. The molecule has 140 valence electrons. The van der Waals surface area contributed by atoms with Crippen LogP contribution in [-0.4, -0.2) is 49.2 Å². The van der Waals surface area contributed by atoms with Gasteiger partial charge in [-0.15, -0.1) is 0 Å². The molecule has 0 radical (unpaired) electrons. The van der Waals surface area contributed by atoms with E-state index >= 15 is 0 Å². The second-order valence-corrected chi connectivity index (χ2v) is 6.93. The fraction of sp³-hybridized carbons (Fsp3) is 0.524. The third-order valence-corrected chi connectivity index (χ3v) is 5.03. The Balaban J connectivity index is 1.65. The lowest BCUT2D eigenvalue weighted by Crippen LogP contribution is -2.40. The molecule has 2 aromatic rings. The Kier molecular flexibility index (Phi) is 6.83. The van der Waals surface area contributed by atoms with Gasteiger partial charge in [-0.1, -0.05) is 24.3 Å². The summed E-state index contributed by atoms with van der Waals surface area (Å²) in [5, 5.41) is 4.58. The van der Waals surface area contributed by atoms with Gasteiger partial charge in [0.05, 0.1) is 12.1 Å². The fourth-order valence-electron chi connectivity index (χ4n) is 3.44. The largest absolute Gasteiger partial charge is 0.381 e. The molecule has 5 heteroatoms. The smallest absolute Gasteiger partial charge is 0.193 e. The molecule has 0 saturated carbocycles. The number of ether oxygens (including phenoxy) is 1. The molecule has 0 amide bonds. The Hall–Kier alpha value is -2.14. The molecule has 1 N–H and O–H groups in total. The number of guanidine groups is 1. The van der Waals surface area contributed by atoms with Crippen molar-refractivity contribution in [3.8, 4) is 0 Å². The van der Waals surface area contributed by atoms with E-state index in [1.807, 2.05) is 12.3 Å². The van der Waals surface area contributed by atoms with Crippen LogP contribution in [0.2, 0.25) is 0 Å². The summed E-state index contributed by atoms with van der Waals surface area (Å²) in [6, 6.07) is 10.4. The van der Waals surface area contributed by atoms with Crippen molar-refractivity contribution in [3.05, 3.63) is 42.1 Å². The topological polar surface area (TPSA) is 49.8 Å². The molecular formula is C21H30N4O. The first-order chi connectivity index (χ1) is 12.8. The highest BCUT2D eigenvalue weighted by molar-refractivity contribution is 5.83. The van der Waals surface area contributed by atoms with E-state index < -0.39 is 0 Å². The lowest BCUT2D eigenvalue weighted by molar-refractivity contribution is 0.0625. The average molecular weight is 354 g/mol. The normalized spacial score (nSPS) is 16.0. The second kappa shape index (κ2) is 9.53. The maximum absolute atomic E-state index is 5.46. The Labute approximate surface area is 156 Å². The molecule has 0 unspecified atom stereocenters. The number of aromatic nitrogens is 1. The van der Waals surface area contributed by atoms with Crippen LogP contribution >= 0.6 is 0 Å². The van der Waals surface area contributed by atoms with Gasteiger partial charge in [-0.05, 0) is 43.7 Å². The predicted molar refractivity (Wildman–Crippen MR) is 107 cm³/mol. The zero-order valence-electron chi connectivity index (χ0n) is 15.9. The van der Waals surface area contributed by atoms with Gasteiger partial charge in [0.25, 0.3) is 0 Å². The summed E-state index contributed by atoms with van der Waals surface area (Å²) >= 11 is 0. The second-order valence-electron chi connectivity index (χ2n) is 6.93. The molecular weight excluding hydrogens is 324 g/mol. The molecule has 2 heterocycles. The number of pyridine rings is 1. The summed E-state index contributed by atoms with van der Waals surface area (Å²) in [6.45, 7) is 6.46. The quantitative estimate of drug-likeness (QED) is 0.638. The third-order valence-electron chi connectivity index (χ3n) is 5.03. The van der Waals surface area contributed by atoms with Crippen LogP contribution in [0.5, 0.6) is 0 Å². The standard InChI is InChI=1S/C21H30N4O/c1-3-22-21(25(2)13-9-17-10-14-26-15-11-17)24-16-19-7-4-6-18-8-5-12-23-20(18)19/h4-8,12,17H,3,9-11,13-16H2,1-2H3,(H,22,24). The van der Waals surface area contributed by atoms with Crippen LogP contribution in [0.4, 0.5) is 0 Å². The summed E-state index contributed by atoms with van der Waals surface area (Å²) in [5.41, 5.74) is 2.20. The molecule has 1 fully saturated rings. The van der Waals surface area contributed by atoms with Crippen molar-refractivity contribution in [2.75, 3.05) is 33.4 Å². The number of nitrogens with one attached hydrogen (secondary N) is 1. The van der Waals surface area contributed by atoms with Crippen LogP contribution in [0.3, 0.4) is 0 Å². The van der Waals surface area contributed by atoms with Crippen LogP contribution < -0.4 is 5.32 Å². The Morgan fingerprint density at radius 2 is 2.08 bits per heavy atom. The van der Waals surface area contributed by atoms with E-state index in [0.717, 1.165) is 54.6 Å². The summed E-state index contributed by atoms with van der Waals surface area (Å²) in [6.07, 6.45) is 5.41. The van der Waals surface area contributed by atoms with Gasteiger partial charge in [0.1, 0.15) is 0 Å². The van der Waals surface area contributed by atoms with Gasteiger partial charge in [0, 0.05) is 44.9 Å². The Morgan fingerprint density at radius 1 is 1.27 bits per heavy atom. The van der Waals surface area contributed by atoms with Crippen molar-refractivity contribution in [1.29, 1.82) is 0 Å². The number of para-hydroxylation sites is 1. The van der Waals surface area contributed by atoms with Gasteiger partial charge < -0.3 is 15.0 Å². The summed E-state index contributed by atoms with van der Waals surface area (Å²) in [5.74, 6) is 1.74. The molecule has 1 aromatic carbocycles. The molecule has 26 heavy (non-hydrogen) atoms. The van der Waals surface area contributed by atoms with Crippen molar-refractivity contribution >= 4 is 16.9 Å². The Morgan fingerprint density at radius 3 is 2.88 bits per heavy atom. The minimum absolute atomic E-state index is 0.637. The van der Waals surface area contributed by atoms with E-state index in [1.165, 1.54) is 19.3 Å². The molecule has 3 rings (SSSR count). The van der Waals surface area contributed by atoms with Crippen molar-refractivity contribution in [2.45, 2.75) is 32.7 Å². The average Bonchev–Trinajstić information content (AvgIpc) is 2.70. The van der Waals surface area contributed by atoms with E-state index in [0.29, 0.717) is 6.54 Å². The van der Waals surface area contributed by atoms with Crippen molar-refractivity contribution in [1.82, 2.24) is 15.2 Å². The highest BCUT2D eigenvalue weighted by atomic mass is 16.5. The maximum Gasteiger partial charge on any atom is 0.193 e. The molecule has 1 saturated heterocycles. The van der Waals surface area contributed by atoms with Gasteiger partial charge in [-0.25, -0.2) is 4.99 Å². The van der Waals surface area contributed by atoms with Crippen molar-refractivity contribution in [3.63, 3.8) is 0 Å². The minimum atomic E-state index is 0.637. The molecule has 0 atom stereocenters. The molecule has 1 aliphatic rings. The van der Waals surface area contributed by atoms with Crippen LogP contribution in [0.1, 0.15) is 31.7 Å². The first-order valence-corrected chi connectivity index (χ1v) is 9.67. The van der Waals surface area contributed by atoms with Crippen LogP contribution in [0, 0.1) is 5.92 Å². The summed E-state index contributed by atoms with van der Waals surface area (Å²) in [4.78, 5) is 11.6. The van der Waals surface area contributed by atoms with E-state index in [1.54, 1.807) is 0 Å². The number of rotatable bonds is 6.